The van der Waals surface area contributed by atoms with Gasteiger partial charge in [0.15, 0.2) is 0 Å². The van der Waals surface area contributed by atoms with Crippen LogP contribution in [-0.2, 0) is 9.53 Å². The number of rotatable bonds is 5. The first-order chi connectivity index (χ1) is 8.02. The van der Waals surface area contributed by atoms with E-state index in [0.717, 1.165) is 5.03 Å². The van der Waals surface area contributed by atoms with Crippen LogP contribution in [0.1, 0.15) is 13.3 Å². The maximum atomic E-state index is 11.1. The molecule has 1 rings (SSSR count). The quantitative estimate of drug-likeness (QED) is 0.452. The second-order valence-electron chi connectivity index (χ2n) is 3.80. The summed E-state index contributed by atoms with van der Waals surface area (Å²) in [4.78, 5) is 21.5. The number of aromatic nitrogens is 2. The van der Waals surface area contributed by atoms with Gasteiger partial charge in [0.1, 0.15) is 5.03 Å². The summed E-state index contributed by atoms with van der Waals surface area (Å²) in [6.45, 7) is 1.97. The average molecular weight is 255 g/mol. The summed E-state index contributed by atoms with van der Waals surface area (Å²) >= 11 is 1.54. The summed E-state index contributed by atoms with van der Waals surface area (Å²) in [7, 11) is 5.18. The molecule has 0 aliphatic carbocycles. The lowest BCUT2D eigenvalue weighted by molar-refractivity contribution is -0.140. The van der Waals surface area contributed by atoms with Gasteiger partial charge in [0.2, 0.25) is 5.95 Å². The van der Waals surface area contributed by atoms with Crippen LogP contribution in [-0.4, -0.2) is 42.4 Å². The molecule has 0 N–H and O–H groups in total. The minimum atomic E-state index is -0.202. The minimum absolute atomic E-state index is 0.132. The van der Waals surface area contributed by atoms with Crippen LogP contribution in [0.25, 0.3) is 0 Å². The number of thioether (sulfide) groups is 1. The number of hydrogen-bond acceptors (Lipinski definition) is 6. The van der Waals surface area contributed by atoms with Crippen LogP contribution in [0.4, 0.5) is 5.95 Å². The molecule has 94 valence electrons. The van der Waals surface area contributed by atoms with Crippen LogP contribution in [0, 0.1) is 0 Å². The van der Waals surface area contributed by atoms with E-state index >= 15 is 0 Å². The molecule has 0 aromatic carbocycles. The number of hydrogen-bond donors (Lipinski definition) is 0. The predicted molar refractivity (Wildman–Crippen MR) is 68.3 cm³/mol. The van der Waals surface area contributed by atoms with E-state index in [-0.39, 0.29) is 11.2 Å². The van der Waals surface area contributed by atoms with Crippen molar-refractivity contribution >= 4 is 23.7 Å². The zero-order chi connectivity index (χ0) is 12.8. The van der Waals surface area contributed by atoms with Crippen molar-refractivity contribution in [3.63, 3.8) is 0 Å². The Hall–Kier alpha value is -1.30. The summed E-state index contributed by atoms with van der Waals surface area (Å²) in [5.41, 5.74) is 0. The second-order valence-corrected chi connectivity index (χ2v) is 5.26. The molecule has 0 aliphatic heterocycles. The first-order valence-corrected chi connectivity index (χ1v) is 6.14. The molecule has 1 heterocycles. The molecule has 0 amide bonds. The fraction of sp³-hybridized carbons (Fsp3) is 0.545. The summed E-state index contributed by atoms with van der Waals surface area (Å²) in [6.07, 6.45) is 2.10. The molecule has 0 aliphatic rings. The highest BCUT2D eigenvalue weighted by Crippen LogP contribution is 2.24. The summed E-state index contributed by atoms with van der Waals surface area (Å²) in [5, 5.41) is 0.993. The van der Waals surface area contributed by atoms with Crippen LogP contribution >= 0.6 is 11.8 Å². The van der Waals surface area contributed by atoms with Gasteiger partial charge in [-0.3, -0.25) is 4.79 Å². The van der Waals surface area contributed by atoms with Crippen LogP contribution < -0.4 is 4.90 Å². The van der Waals surface area contributed by atoms with Gasteiger partial charge in [0.05, 0.1) is 13.5 Å². The second kappa shape index (κ2) is 6.44. The van der Waals surface area contributed by atoms with Crippen molar-refractivity contribution in [1.29, 1.82) is 0 Å². The van der Waals surface area contributed by atoms with Gasteiger partial charge in [-0.2, -0.15) is 0 Å². The molecule has 6 heteroatoms. The third-order valence-corrected chi connectivity index (χ3v) is 3.06. The Bertz CT molecular complexity index is 385. The molecule has 1 aromatic rings. The van der Waals surface area contributed by atoms with E-state index < -0.39 is 0 Å². The number of esters is 1. The summed E-state index contributed by atoms with van der Waals surface area (Å²) in [6, 6.07) is 1.84. The van der Waals surface area contributed by atoms with Gasteiger partial charge in [-0.15, -0.1) is 11.8 Å². The van der Waals surface area contributed by atoms with Gasteiger partial charge < -0.3 is 9.64 Å². The monoisotopic (exact) mass is 255 g/mol. The third-order valence-electron chi connectivity index (χ3n) is 2.02. The minimum Gasteiger partial charge on any atom is -0.469 e. The molecule has 5 nitrogen and oxygen atoms in total. The zero-order valence-corrected chi connectivity index (χ0v) is 11.3. The first-order valence-electron chi connectivity index (χ1n) is 5.26. The number of methoxy groups -OCH3 is 1. The predicted octanol–water partition coefficient (Wildman–Crippen LogP) is 1.59. The highest BCUT2D eigenvalue weighted by molar-refractivity contribution is 7.99. The van der Waals surface area contributed by atoms with Gasteiger partial charge in [-0.25, -0.2) is 9.97 Å². The van der Waals surface area contributed by atoms with Gasteiger partial charge in [-0.1, -0.05) is 6.92 Å². The maximum absolute atomic E-state index is 11.1. The molecule has 17 heavy (non-hydrogen) atoms. The van der Waals surface area contributed by atoms with Gasteiger partial charge in [0.25, 0.3) is 0 Å². The van der Waals surface area contributed by atoms with E-state index in [9.17, 15) is 4.79 Å². The average Bonchev–Trinajstić information content (AvgIpc) is 2.28. The Morgan fingerprint density at radius 3 is 2.88 bits per heavy atom. The molecular formula is C11H17N3O2S. The lowest BCUT2D eigenvalue weighted by Gasteiger charge is -2.12. The molecule has 0 fully saturated rings. The molecule has 1 aromatic heterocycles. The van der Waals surface area contributed by atoms with E-state index in [4.69, 9.17) is 0 Å². The smallest absolute Gasteiger partial charge is 0.306 e. The van der Waals surface area contributed by atoms with Crippen molar-refractivity contribution in [2.75, 3.05) is 26.1 Å². The van der Waals surface area contributed by atoms with Crippen molar-refractivity contribution in [2.45, 2.75) is 23.6 Å². The number of nitrogens with zero attached hydrogens (tertiary/aromatic N) is 3. The van der Waals surface area contributed by atoms with Crippen LogP contribution in [0.3, 0.4) is 0 Å². The van der Waals surface area contributed by atoms with Gasteiger partial charge in [0, 0.05) is 25.5 Å². The molecule has 0 bridgehead atoms. The van der Waals surface area contributed by atoms with E-state index in [1.807, 2.05) is 32.0 Å². The highest BCUT2D eigenvalue weighted by atomic mass is 32.2. The van der Waals surface area contributed by atoms with Crippen LogP contribution in [0.5, 0.6) is 0 Å². The summed E-state index contributed by atoms with van der Waals surface area (Å²) < 4.78 is 4.63. The molecule has 1 unspecified atom stereocenters. The zero-order valence-electron chi connectivity index (χ0n) is 10.5. The molecular weight excluding hydrogens is 238 g/mol. The number of carbonyl (C=O) groups excluding carboxylic acids is 1. The maximum Gasteiger partial charge on any atom is 0.306 e. The lowest BCUT2D eigenvalue weighted by atomic mass is 10.3. The number of anilines is 1. The molecule has 0 saturated heterocycles. The van der Waals surface area contributed by atoms with Crippen molar-refractivity contribution in [3.05, 3.63) is 12.3 Å². The highest BCUT2D eigenvalue weighted by Gasteiger charge is 2.12. The third kappa shape index (κ3) is 4.60. The van der Waals surface area contributed by atoms with E-state index in [1.165, 1.54) is 7.11 Å². The van der Waals surface area contributed by atoms with Gasteiger partial charge >= 0.3 is 5.97 Å². The normalized spacial score (nSPS) is 12.0. The Kier molecular flexibility index (Phi) is 5.21. The standard InChI is InChI=1S/C11H17N3O2S/c1-8(7-10(15)16-4)17-9-5-6-12-11(13-9)14(2)3/h5-6,8H,7H2,1-4H3. The SMILES string of the molecule is COC(=O)CC(C)Sc1ccnc(N(C)C)n1. The van der Waals surface area contributed by atoms with Crippen LogP contribution in [0.15, 0.2) is 17.3 Å². The van der Waals surface area contributed by atoms with E-state index in [1.54, 1.807) is 18.0 Å². The van der Waals surface area contributed by atoms with E-state index in [2.05, 4.69) is 14.7 Å². The number of carbonyl (C=O) groups is 1. The number of ether oxygens (including phenoxy) is 1. The van der Waals surface area contributed by atoms with Crippen molar-refractivity contribution in [2.24, 2.45) is 0 Å². The Morgan fingerprint density at radius 2 is 2.29 bits per heavy atom. The van der Waals surface area contributed by atoms with Gasteiger partial charge in [-0.05, 0) is 6.07 Å². The van der Waals surface area contributed by atoms with Crippen molar-refractivity contribution in [1.82, 2.24) is 9.97 Å². The molecule has 0 spiro atoms. The Labute approximate surface area is 106 Å². The first kappa shape index (κ1) is 13.8. The van der Waals surface area contributed by atoms with Crippen LogP contribution in [0.2, 0.25) is 0 Å². The van der Waals surface area contributed by atoms with Crippen molar-refractivity contribution < 1.29 is 9.53 Å². The fourth-order valence-electron chi connectivity index (χ4n) is 1.18. The summed E-state index contributed by atoms with van der Waals surface area (Å²) in [5.74, 6) is 0.465. The Balaban J connectivity index is 2.62. The largest absolute Gasteiger partial charge is 0.469 e. The lowest BCUT2D eigenvalue weighted by Crippen LogP contribution is -2.13. The topological polar surface area (TPSA) is 55.3 Å². The molecule has 0 radical (unpaired) electrons. The molecule has 1 atom stereocenters. The fourth-order valence-corrected chi connectivity index (χ4v) is 2.08. The molecule has 0 saturated carbocycles. The van der Waals surface area contributed by atoms with Crippen molar-refractivity contribution in [3.8, 4) is 0 Å². The Morgan fingerprint density at radius 1 is 1.59 bits per heavy atom. The van der Waals surface area contributed by atoms with E-state index in [0.29, 0.717) is 12.4 Å².